The van der Waals surface area contributed by atoms with Crippen molar-refractivity contribution in [2.75, 3.05) is 12.3 Å². The van der Waals surface area contributed by atoms with E-state index >= 15 is 0 Å². The van der Waals surface area contributed by atoms with Crippen LogP contribution in [0.15, 0.2) is 52.4 Å². The van der Waals surface area contributed by atoms with Crippen LogP contribution in [0.5, 0.6) is 0 Å². The van der Waals surface area contributed by atoms with E-state index in [1.54, 1.807) is 10.6 Å². The zero-order valence-electron chi connectivity index (χ0n) is 16.7. The molecule has 0 saturated carbocycles. The van der Waals surface area contributed by atoms with Gasteiger partial charge in [-0.2, -0.15) is 0 Å². The van der Waals surface area contributed by atoms with Gasteiger partial charge >= 0.3 is 0 Å². The highest BCUT2D eigenvalue weighted by Gasteiger charge is 2.17. The standard InChI is InChI=1S/C22H25N3O2S/c1-14(2)12-23-19(26)13-28-22-24-18-11-6-5-10-17(18)21(27)25(22)20-15(3)8-7-9-16(20)4/h5-11,14H,12-13H2,1-4H3,(H,23,26). The second kappa shape index (κ2) is 8.61. The van der Waals surface area contributed by atoms with Gasteiger partial charge in [0.15, 0.2) is 5.16 Å². The first-order valence-corrected chi connectivity index (χ1v) is 10.3. The van der Waals surface area contributed by atoms with E-state index in [-0.39, 0.29) is 17.2 Å². The van der Waals surface area contributed by atoms with Gasteiger partial charge in [-0.3, -0.25) is 14.2 Å². The van der Waals surface area contributed by atoms with E-state index in [1.807, 2.05) is 50.2 Å². The Labute approximate surface area is 169 Å². The highest BCUT2D eigenvalue weighted by Crippen LogP contribution is 2.25. The second-order valence-corrected chi connectivity index (χ2v) is 8.22. The minimum atomic E-state index is -0.118. The van der Waals surface area contributed by atoms with E-state index in [0.717, 1.165) is 16.8 Å². The zero-order valence-corrected chi connectivity index (χ0v) is 17.5. The lowest BCUT2D eigenvalue weighted by Gasteiger charge is -2.17. The molecule has 0 fully saturated rings. The van der Waals surface area contributed by atoms with Crippen LogP contribution >= 0.6 is 11.8 Å². The number of fused-ring (bicyclic) bond motifs is 1. The molecule has 5 nitrogen and oxygen atoms in total. The Morgan fingerprint density at radius 3 is 2.46 bits per heavy atom. The lowest BCUT2D eigenvalue weighted by atomic mass is 10.1. The fourth-order valence-electron chi connectivity index (χ4n) is 3.06. The van der Waals surface area contributed by atoms with Crippen molar-refractivity contribution < 1.29 is 4.79 Å². The molecule has 0 bridgehead atoms. The first-order chi connectivity index (χ1) is 13.4. The number of hydrogen-bond donors (Lipinski definition) is 1. The smallest absolute Gasteiger partial charge is 0.266 e. The summed E-state index contributed by atoms with van der Waals surface area (Å²) in [6.07, 6.45) is 0. The van der Waals surface area contributed by atoms with E-state index in [0.29, 0.717) is 28.5 Å². The minimum Gasteiger partial charge on any atom is -0.355 e. The Morgan fingerprint density at radius 1 is 1.11 bits per heavy atom. The summed E-state index contributed by atoms with van der Waals surface area (Å²) in [5.41, 5.74) is 3.33. The Hall–Kier alpha value is -2.60. The molecule has 1 aromatic heterocycles. The zero-order chi connectivity index (χ0) is 20.3. The number of amides is 1. The normalized spacial score (nSPS) is 11.2. The lowest BCUT2D eigenvalue weighted by molar-refractivity contribution is -0.118. The van der Waals surface area contributed by atoms with Crippen molar-refractivity contribution in [2.24, 2.45) is 5.92 Å². The number of para-hydroxylation sites is 2. The number of carbonyl (C=O) groups is 1. The maximum absolute atomic E-state index is 13.3. The van der Waals surface area contributed by atoms with Gasteiger partial charge in [0.05, 0.1) is 22.3 Å². The van der Waals surface area contributed by atoms with Crippen LogP contribution in [0.4, 0.5) is 0 Å². The fourth-order valence-corrected chi connectivity index (χ4v) is 3.89. The molecule has 1 N–H and O–H groups in total. The van der Waals surface area contributed by atoms with Gasteiger partial charge in [-0.1, -0.05) is 55.9 Å². The molecule has 0 radical (unpaired) electrons. The Kier molecular flexibility index (Phi) is 6.19. The molecule has 0 aliphatic carbocycles. The molecule has 0 atom stereocenters. The number of nitrogens with one attached hydrogen (secondary N) is 1. The highest BCUT2D eigenvalue weighted by atomic mass is 32.2. The third-order valence-electron chi connectivity index (χ3n) is 4.45. The van der Waals surface area contributed by atoms with Crippen molar-refractivity contribution in [3.05, 3.63) is 63.9 Å². The average molecular weight is 396 g/mol. The molecule has 2 aromatic carbocycles. The summed E-state index contributed by atoms with van der Waals surface area (Å²) < 4.78 is 1.65. The van der Waals surface area contributed by atoms with E-state index in [2.05, 4.69) is 19.2 Å². The Morgan fingerprint density at radius 2 is 1.79 bits per heavy atom. The van der Waals surface area contributed by atoms with Crippen LogP contribution < -0.4 is 10.9 Å². The van der Waals surface area contributed by atoms with Crippen LogP contribution in [0.2, 0.25) is 0 Å². The molecular formula is C22H25N3O2S. The summed E-state index contributed by atoms with van der Waals surface area (Å²) in [4.78, 5) is 30.2. The van der Waals surface area contributed by atoms with Crippen molar-refractivity contribution in [2.45, 2.75) is 32.9 Å². The van der Waals surface area contributed by atoms with E-state index < -0.39 is 0 Å². The molecule has 0 aliphatic rings. The predicted octanol–water partition coefficient (Wildman–Crippen LogP) is 3.87. The number of benzene rings is 2. The summed E-state index contributed by atoms with van der Waals surface area (Å²) in [5, 5.41) is 4.01. The van der Waals surface area contributed by atoms with E-state index in [4.69, 9.17) is 4.98 Å². The number of nitrogens with zero attached hydrogens (tertiary/aromatic N) is 2. The first kappa shape index (κ1) is 20.1. The number of rotatable bonds is 6. The molecule has 28 heavy (non-hydrogen) atoms. The molecule has 1 heterocycles. The van der Waals surface area contributed by atoms with E-state index in [1.165, 1.54) is 11.8 Å². The van der Waals surface area contributed by atoms with Gasteiger partial charge in [-0.05, 0) is 43.0 Å². The molecule has 0 saturated heterocycles. The van der Waals surface area contributed by atoms with Gasteiger partial charge in [0.25, 0.3) is 5.56 Å². The van der Waals surface area contributed by atoms with Gasteiger partial charge in [-0.25, -0.2) is 4.98 Å². The lowest BCUT2D eigenvalue weighted by Crippen LogP contribution is -2.29. The second-order valence-electron chi connectivity index (χ2n) is 7.28. The van der Waals surface area contributed by atoms with Crippen LogP contribution in [0, 0.1) is 19.8 Å². The molecule has 6 heteroatoms. The van der Waals surface area contributed by atoms with Crippen molar-refractivity contribution in [1.29, 1.82) is 0 Å². The number of aryl methyl sites for hydroxylation is 2. The van der Waals surface area contributed by atoms with Crippen molar-refractivity contribution in [1.82, 2.24) is 14.9 Å². The van der Waals surface area contributed by atoms with Crippen molar-refractivity contribution in [3.8, 4) is 5.69 Å². The molecule has 0 spiro atoms. The summed E-state index contributed by atoms with van der Waals surface area (Å²) in [7, 11) is 0. The van der Waals surface area contributed by atoms with Crippen LogP contribution in [-0.2, 0) is 4.79 Å². The van der Waals surface area contributed by atoms with Gasteiger partial charge in [0.2, 0.25) is 5.91 Å². The predicted molar refractivity (Wildman–Crippen MR) is 115 cm³/mol. The van der Waals surface area contributed by atoms with Crippen LogP contribution in [0.1, 0.15) is 25.0 Å². The van der Waals surface area contributed by atoms with Crippen LogP contribution in [-0.4, -0.2) is 27.8 Å². The molecule has 0 aliphatic heterocycles. The monoisotopic (exact) mass is 395 g/mol. The maximum Gasteiger partial charge on any atom is 0.266 e. The Bertz CT molecular complexity index is 1050. The van der Waals surface area contributed by atoms with Gasteiger partial charge < -0.3 is 5.32 Å². The summed E-state index contributed by atoms with van der Waals surface area (Å²) in [5.74, 6) is 0.539. The van der Waals surface area contributed by atoms with Gasteiger partial charge in [0, 0.05) is 6.54 Å². The number of thioether (sulfide) groups is 1. The van der Waals surface area contributed by atoms with Crippen molar-refractivity contribution in [3.63, 3.8) is 0 Å². The molecule has 3 rings (SSSR count). The molecule has 0 unspecified atom stereocenters. The number of carbonyl (C=O) groups excluding carboxylic acids is 1. The molecule has 146 valence electrons. The highest BCUT2D eigenvalue weighted by molar-refractivity contribution is 7.99. The maximum atomic E-state index is 13.3. The van der Waals surface area contributed by atoms with Gasteiger partial charge in [-0.15, -0.1) is 0 Å². The van der Waals surface area contributed by atoms with Gasteiger partial charge in [0.1, 0.15) is 0 Å². The molecule has 3 aromatic rings. The minimum absolute atomic E-state index is 0.0610. The number of aromatic nitrogens is 2. The van der Waals surface area contributed by atoms with Crippen LogP contribution in [0.25, 0.3) is 16.6 Å². The fraction of sp³-hybridized carbons (Fsp3) is 0.318. The molecular weight excluding hydrogens is 370 g/mol. The first-order valence-electron chi connectivity index (χ1n) is 9.36. The average Bonchev–Trinajstić information content (AvgIpc) is 2.66. The Balaban J connectivity index is 2.08. The van der Waals surface area contributed by atoms with Crippen LogP contribution in [0.3, 0.4) is 0 Å². The summed E-state index contributed by atoms with van der Waals surface area (Å²) in [6, 6.07) is 13.3. The quantitative estimate of drug-likeness (QED) is 0.508. The van der Waals surface area contributed by atoms with E-state index in [9.17, 15) is 9.59 Å². The molecule has 1 amide bonds. The number of hydrogen-bond acceptors (Lipinski definition) is 4. The third kappa shape index (κ3) is 4.28. The largest absolute Gasteiger partial charge is 0.355 e. The SMILES string of the molecule is Cc1cccc(C)c1-n1c(SCC(=O)NCC(C)C)nc2ccccc2c1=O. The third-order valence-corrected chi connectivity index (χ3v) is 5.39. The van der Waals surface area contributed by atoms with Crippen molar-refractivity contribution >= 4 is 28.6 Å². The topological polar surface area (TPSA) is 64.0 Å². The summed E-state index contributed by atoms with van der Waals surface area (Å²) in [6.45, 7) is 8.70. The summed E-state index contributed by atoms with van der Waals surface area (Å²) >= 11 is 1.29.